The van der Waals surface area contributed by atoms with Gasteiger partial charge in [0.2, 0.25) is 12.6 Å². The molecule has 0 radical (unpaired) electrons. The Morgan fingerprint density at radius 1 is 0.826 bits per heavy atom. The lowest BCUT2D eigenvalue weighted by molar-refractivity contribution is -0.324. The second-order valence-corrected chi connectivity index (χ2v) is 7.19. The largest absolute Gasteiger partial charge is 0.370 e. The van der Waals surface area contributed by atoms with Crippen molar-refractivity contribution in [3.8, 4) is 0 Å². The Balaban J connectivity index is 1.21. The zero-order valence-corrected chi connectivity index (χ0v) is 13.7. The molecule has 130 valence electrons. The van der Waals surface area contributed by atoms with Crippen LogP contribution in [0, 0.1) is 11.8 Å². The van der Waals surface area contributed by atoms with Gasteiger partial charge in [-0.15, -0.1) is 0 Å². The van der Waals surface area contributed by atoms with Gasteiger partial charge in [-0.25, -0.2) is 0 Å². The van der Waals surface area contributed by atoms with E-state index in [-0.39, 0.29) is 12.6 Å². The number of epoxide rings is 1. The van der Waals surface area contributed by atoms with Gasteiger partial charge in [-0.3, -0.25) is 0 Å². The third kappa shape index (κ3) is 4.34. The molecule has 0 spiro atoms. The average molecular weight is 324 g/mol. The van der Waals surface area contributed by atoms with Crippen molar-refractivity contribution in [1.82, 2.24) is 0 Å². The number of hydrogen-bond donors (Lipinski definition) is 0. The standard InChI is InChI=1S/C18H28O5/c1-2-4-13(5-3-1)11-21-17-18(20-9-8-19-17)22-12-14-6-7-15-16(10-14)23-15/h1-2,13-18H,3-12H2. The van der Waals surface area contributed by atoms with Gasteiger partial charge in [0.1, 0.15) is 0 Å². The second kappa shape index (κ2) is 7.62. The maximum absolute atomic E-state index is 6.00. The topological polar surface area (TPSA) is 49.5 Å². The molecular weight excluding hydrogens is 296 g/mol. The van der Waals surface area contributed by atoms with E-state index in [1.165, 1.54) is 19.3 Å². The van der Waals surface area contributed by atoms with E-state index in [9.17, 15) is 0 Å². The first-order valence-corrected chi connectivity index (χ1v) is 9.15. The van der Waals surface area contributed by atoms with Gasteiger partial charge in [0.05, 0.1) is 38.6 Å². The predicted octanol–water partition coefficient (Wildman–Crippen LogP) is 2.64. The van der Waals surface area contributed by atoms with Gasteiger partial charge >= 0.3 is 0 Å². The number of fused-ring (bicyclic) bond motifs is 1. The van der Waals surface area contributed by atoms with Crippen molar-refractivity contribution in [1.29, 1.82) is 0 Å². The summed E-state index contributed by atoms with van der Waals surface area (Å²) in [5.74, 6) is 1.17. The maximum atomic E-state index is 6.00. The van der Waals surface area contributed by atoms with E-state index in [2.05, 4.69) is 12.2 Å². The van der Waals surface area contributed by atoms with Crippen molar-refractivity contribution >= 4 is 0 Å². The van der Waals surface area contributed by atoms with E-state index >= 15 is 0 Å². The molecule has 5 nitrogen and oxygen atoms in total. The van der Waals surface area contributed by atoms with Crippen LogP contribution in [0.3, 0.4) is 0 Å². The summed E-state index contributed by atoms with van der Waals surface area (Å²) in [6.45, 7) is 2.59. The van der Waals surface area contributed by atoms with Crippen molar-refractivity contribution < 1.29 is 23.7 Å². The number of ether oxygens (including phenoxy) is 5. The second-order valence-electron chi connectivity index (χ2n) is 7.19. The van der Waals surface area contributed by atoms with Gasteiger partial charge in [0.25, 0.3) is 0 Å². The first kappa shape index (κ1) is 16.0. The van der Waals surface area contributed by atoms with Crippen LogP contribution < -0.4 is 0 Å². The Bertz CT molecular complexity index is 412. The number of hydrogen-bond acceptors (Lipinski definition) is 5. The summed E-state index contributed by atoms with van der Waals surface area (Å²) in [5.41, 5.74) is 0. The smallest absolute Gasteiger partial charge is 0.209 e. The van der Waals surface area contributed by atoms with Gasteiger partial charge < -0.3 is 23.7 Å². The van der Waals surface area contributed by atoms with Gasteiger partial charge in [-0.05, 0) is 50.4 Å². The highest BCUT2D eigenvalue weighted by atomic mass is 16.8. The molecule has 2 aliphatic heterocycles. The molecule has 3 fully saturated rings. The zero-order chi connectivity index (χ0) is 15.5. The molecule has 5 heteroatoms. The summed E-state index contributed by atoms with van der Waals surface area (Å²) in [6, 6.07) is 0. The highest BCUT2D eigenvalue weighted by molar-refractivity contribution is 4.92. The van der Waals surface area contributed by atoms with Crippen molar-refractivity contribution in [2.75, 3.05) is 26.4 Å². The van der Waals surface area contributed by atoms with E-state index in [4.69, 9.17) is 23.7 Å². The third-order valence-corrected chi connectivity index (χ3v) is 5.35. The Kier molecular flexibility index (Phi) is 5.31. The van der Waals surface area contributed by atoms with Crippen molar-refractivity contribution in [3.05, 3.63) is 12.2 Å². The minimum absolute atomic E-state index is 0.386. The van der Waals surface area contributed by atoms with E-state index in [1.807, 2.05) is 0 Å². The molecule has 6 unspecified atom stereocenters. The van der Waals surface area contributed by atoms with Gasteiger partial charge in [-0.2, -0.15) is 0 Å². The zero-order valence-electron chi connectivity index (χ0n) is 13.7. The predicted molar refractivity (Wildman–Crippen MR) is 83.9 cm³/mol. The van der Waals surface area contributed by atoms with E-state index in [1.54, 1.807) is 0 Å². The van der Waals surface area contributed by atoms with E-state index in [0.717, 1.165) is 25.9 Å². The van der Waals surface area contributed by atoms with Crippen LogP contribution in [-0.4, -0.2) is 51.2 Å². The molecule has 0 amide bonds. The summed E-state index contributed by atoms with van der Waals surface area (Å²) in [7, 11) is 0. The lowest BCUT2D eigenvalue weighted by Gasteiger charge is -2.33. The monoisotopic (exact) mass is 324 g/mol. The first-order chi connectivity index (χ1) is 11.4. The fourth-order valence-corrected chi connectivity index (χ4v) is 3.85. The van der Waals surface area contributed by atoms with Crippen molar-refractivity contribution in [2.24, 2.45) is 11.8 Å². The molecule has 0 aromatic heterocycles. The molecule has 1 saturated carbocycles. The van der Waals surface area contributed by atoms with Crippen LogP contribution >= 0.6 is 0 Å². The van der Waals surface area contributed by atoms with Crippen LogP contribution in [0.2, 0.25) is 0 Å². The van der Waals surface area contributed by atoms with Crippen LogP contribution in [-0.2, 0) is 23.7 Å². The van der Waals surface area contributed by atoms with E-state index < -0.39 is 0 Å². The Labute approximate surface area is 138 Å². The molecule has 4 rings (SSSR count). The number of rotatable bonds is 6. The Morgan fingerprint density at radius 3 is 2.30 bits per heavy atom. The van der Waals surface area contributed by atoms with Crippen LogP contribution in [0.4, 0.5) is 0 Å². The SMILES string of the molecule is C1=CCC(COC2OCCOC2OCC2CCC3OC3C2)CC1. The molecule has 2 saturated heterocycles. The van der Waals surface area contributed by atoms with Gasteiger partial charge in [0, 0.05) is 0 Å². The van der Waals surface area contributed by atoms with Crippen molar-refractivity contribution in [3.63, 3.8) is 0 Å². The molecule has 4 aliphatic rings. The Hall–Kier alpha value is -0.460. The molecule has 0 aromatic carbocycles. The minimum atomic E-state index is -0.388. The normalized spacial score (nSPS) is 43.1. The summed E-state index contributed by atoms with van der Waals surface area (Å²) >= 11 is 0. The van der Waals surface area contributed by atoms with Crippen LogP contribution in [0.15, 0.2) is 12.2 Å². The number of allylic oxidation sites excluding steroid dienone is 2. The first-order valence-electron chi connectivity index (χ1n) is 9.15. The van der Waals surface area contributed by atoms with Gasteiger partial charge in [-0.1, -0.05) is 12.2 Å². The summed E-state index contributed by atoms with van der Waals surface area (Å²) in [4.78, 5) is 0. The molecule has 0 bridgehead atoms. The molecule has 2 aliphatic carbocycles. The summed E-state index contributed by atoms with van der Waals surface area (Å²) in [6.07, 6.45) is 11.7. The third-order valence-electron chi connectivity index (χ3n) is 5.35. The lowest BCUT2D eigenvalue weighted by Crippen LogP contribution is -2.43. The average Bonchev–Trinajstić information content (AvgIpc) is 3.38. The quantitative estimate of drug-likeness (QED) is 0.555. The van der Waals surface area contributed by atoms with Crippen LogP contribution in [0.25, 0.3) is 0 Å². The van der Waals surface area contributed by atoms with Crippen LogP contribution in [0.5, 0.6) is 0 Å². The molecule has 6 atom stereocenters. The van der Waals surface area contributed by atoms with Crippen LogP contribution in [0.1, 0.15) is 38.5 Å². The Morgan fingerprint density at radius 2 is 1.61 bits per heavy atom. The molecular formula is C18H28O5. The fraction of sp³-hybridized carbons (Fsp3) is 0.889. The highest BCUT2D eigenvalue weighted by Gasteiger charge is 2.44. The molecule has 23 heavy (non-hydrogen) atoms. The molecule has 0 aromatic rings. The van der Waals surface area contributed by atoms with E-state index in [0.29, 0.717) is 43.9 Å². The minimum Gasteiger partial charge on any atom is -0.370 e. The summed E-state index contributed by atoms with van der Waals surface area (Å²) < 4.78 is 29.0. The maximum Gasteiger partial charge on any atom is 0.209 e. The summed E-state index contributed by atoms with van der Waals surface area (Å²) in [5, 5.41) is 0. The van der Waals surface area contributed by atoms with Crippen molar-refractivity contribution in [2.45, 2.75) is 63.3 Å². The lowest BCUT2D eigenvalue weighted by atomic mass is 9.90. The fourth-order valence-electron chi connectivity index (χ4n) is 3.85. The molecule has 2 heterocycles. The van der Waals surface area contributed by atoms with Gasteiger partial charge in [0.15, 0.2) is 0 Å². The highest BCUT2D eigenvalue weighted by Crippen LogP contribution is 2.39. The molecule has 0 N–H and O–H groups in total.